The lowest BCUT2D eigenvalue weighted by Gasteiger charge is -2.33. The summed E-state index contributed by atoms with van der Waals surface area (Å²) in [5, 5.41) is 20.7. The quantitative estimate of drug-likeness (QED) is 0.313. The van der Waals surface area contributed by atoms with Crippen molar-refractivity contribution in [1.29, 1.82) is 0 Å². The number of ether oxygens (including phenoxy) is 1. The fourth-order valence-electron chi connectivity index (χ4n) is 6.02. The number of benzene rings is 2. The van der Waals surface area contributed by atoms with Gasteiger partial charge in [0.05, 0.1) is 39.6 Å². The standard InChI is InChI=1S/C31H35N5O2/c1-5-25-30(35(4)34-33-25)22-17-27-28(32-19-22)24-12-11-23(31(2,3)37)18-26(24)36(27)29(20-9-7-6-8-10-20)21-13-15-38-16-14-21/h6-12,17-19,21,29,37H,5,13-16H2,1-4H3. The number of aliphatic hydroxyl groups is 1. The molecule has 1 N–H and O–H groups in total. The predicted molar refractivity (Wildman–Crippen MR) is 150 cm³/mol. The number of pyridine rings is 1. The molecule has 0 saturated carbocycles. The normalized spacial score (nSPS) is 15.9. The third-order valence-corrected chi connectivity index (χ3v) is 7.98. The summed E-state index contributed by atoms with van der Waals surface area (Å²) in [7, 11) is 1.94. The Morgan fingerprint density at radius 3 is 2.53 bits per heavy atom. The van der Waals surface area contributed by atoms with Crippen LogP contribution in [0.2, 0.25) is 0 Å². The fraction of sp³-hybridized carbons (Fsp3) is 0.387. The van der Waals surface area contributed by atoms with Crippen molar-refractivity contribution in [3.05, 3.63) is 77.6 Å². The maximum atomic E-state index is 10.9. The van der Waals surface area contributed by atoms with Crippen molar-refractivity contribution in [3.8, 4) is 11.3 Å². The van der Waals surface area contributed by atoms with Crippen molar-refractivity contribution < 1.29 is 9.84 Å². The molecule has 1 saturated heterocycles. The van der Waals surface area contributed by atoms with Gasteiger partial charge in [0.2, 0.25) is 0 Å². The molecule has 5 aromatic rings. The molecule has 3 aromatic heterocycles. The van der Waals surface area contributed by atoms with Crippen LogP contribution in [-0.4, -0.2) is 42.9 Å². The number of aryl methyl sites for hydroxylation is 2. The minimum atomic E-state index is -0.953. The van der Waals surface area contributed by atoms with Crippen LogP contribution in [-0.2, 0) is 23.8 Å². The molecular weight excluding hydrogens is 474 g/mol. The van der Waals surface area contributed by atoms with E-state index in [2.05, 4.69) is 70.3 Å². The Kier molecular flexibility index (Phi) is 6.28. The van der Waals surface area contributed by atoms with E-state index in [4.69, 9.17) is 9.72 Å². The number of rotatable bonds is 6. The summed E-state index contributed by atoms with van der Waals surface area (Å²) < 4.78 is 10.1. The Morgan fingerprint density at radius 2 is 1.82 bits per heavy atom. The summed E-state index contributed by atoms with van der Waals surface area (Å²) in [5.41, 5.74) is 7.30. The van der Waals surface area contributed by atoms with Gasteiger partial charge in [-0.3, -0.25) is 4.98 Å². The lowest BCUT2D eigenvalue weighted by molar-refractivity contribution is 0.0552. The van der Waals surface area contributed by atoms with Crippen LogP contribution in [0.4, 0.5) is 0 Å². The van der Waals surface area contributed by atoms with Gasteiger partial charge >= 0.3 is 0 Å². The van der Waals surface area contributed by atoms with Gasteiger partial charge in [0.25, 0.3) is 0 Å². The van der Waals surface area contributed by atoms with Crippen LogP contribution in [0.25, 0.3) is 33.2 Å². The van der Waals surface area contributed by atoms with Crippen LogP contribution in [0.5, 0.6) is 0 Å². The maximum Gasteiger partial charge on any atom is 0.0960 e. The van der Waals surface area contributed by atoms with E-state index in [9.17, 15) is 5.11 Å². The Balaban J connectivity index is 1.69. The van der Waals surface area contributed by atoms with E-state index in [0.717, 1.165) is 76.9 Å². The SMILES string of the molecule is CCc1nnn(C)c1-c1cnc2c3ccc(C(C)(C)O)cc3n(C(c3ccccc3)C3CCOCC3)c2c1. The molecule has 0 amide bonds. The molecule has 0 bridgehead atoms. The smallest absolute Gasteiger partial charge is 0.0960 e. The second-order valence-corrected chi connectivity index (χ2v) is 10.9. The zero-order valence-corrected chi connectivity index (χ0v) is 22.6. The zero-order valence-electron chi connectivity index (χ0n) is 22.6. The summed E-state index contributed by atoms with van der Waals surface area (Å²) >= 11 is 0. The van der Waals surface area contributed by atoms with Crippen molar-refractivity contribution in [1.82, 2.24) is 24.5 Å². The molecule has 1 aliphatic heterocycles. The monoisotopic (exact) mass is 509 g/mol. The van der Waals surface area contributed by atoms with Gasteiger partial charge < -0.3 is 14.4 Å². The molecule has 0 aliphatic carbocycles. The van der Waals surface area contributed by atoms with E-state index in [-0.39, 0.29) is 6.04 Å². The number of fused-ring (bicyclic) bond motifs is 3. The van der Waals surface area contributed by atoms with E-state index in [0.29, 0.717) is 5.92 Å². The Morgan fingerprint density at radius 1 is 1.05 bits per heavy atom. The molecule has 7 nitrogen and oxygen atoms in total. The summed E-state index contributed by atoms with van der Waals surface area (Å²) in [6.45, 7) is 7.32. The highest BCUT2D eigenvalue weighted by Gasteiger charge is 2.31. The lowest BCUT2D eigenvalue weighted by Crippen LogP contribution is -2.27. The van der Waals surface area contributed by atoms with Crippen LogP contribution in [0.15, 0.2) is 60.8 Å². The van der Waals surface area contributed by atoms with E-state index < -0.39 is 5.60 Å². The van der Waals surface area contributed by atoms with Crippen LogP contribution in [0, 0.1) is 5.92 Å². The van der Waals surface area contributed by atoms with Crippen LogP contribution in [0.1, 0.15) is 56.5 Å². The third kappa shape index (κ3) is 4.20. The molecule has 196 valence electrons. The number of aromatic nitrogens is 5. The summed E-state index contributed by atoms with van der Waals surface area (Å²) in [5.74, 6) is 0.406. The van der Waals surface area contributed by atoms with Crippen molar-refractivity contribution in [2.45, 2.75) is 51.7 Å². The second-order valence-electron chi connectivity index (χ2n) is 10.9. The van der Waals surface area contributed by atoms with Crippen LogP contribution < -0.4 is 0 Å². The molecule has 2 aromatic carbocycles. The highest BCUT2D eigenvalue weighted by Crippen LogP contribution is 2.42. The number of hydrogen-bond acceptors (Lipinski definition) is 5. The van der Waals surface area contributed by atoms with Gasteiger partial charge in [-0.25, -0.2) is 4.68 Å². The van der Waals surface area contributed by atoms with E-state index >= 15 is 0 Å². The molecular formula is C31H35N5O2. The molecule has 4 heterocycles. The fourth-order valence-corrected chi connectivity index (χ4v) is 6.02. The lowest BCUT2D eigenvalue weighted by atomic mass is 9.86. The molecule has 7 heteroatoms. The summed E-state index contributed by atoms with van der Waals surface area (Å²) in [4.78, 5) is 5.04. The first-order valence-corrected chi connectivity index (χ1v) is 13.5. The molecule has 6 rings (SSSR count). The Labute approximate surface area is 223 Å². The first-order valence-electron chi connectivity index (χ1n) is 13.5. The highest BCUT2D eigenvalue weighted by molar-refractivity contribution is 6.07. The van der Waals surface area contributed by atoms with Crippen LogP contribution >= 0.6 is 0 Å². The Bertz CT molecular complexity index is 1590. The van der Waals surface area contributed by atoms with E-state index in [1.807, 2.05) is 37.8 Å². The average Bonchev–Trinajstić information content (AvgIpc) is 3.46. The summed E-state index contributed by atoms with van der Waals surface area (Å²) in [6.07, 6.45) is 4.73. The topological polar surface area (TPSA) is 78.0 Å². The molecule has 1 unspecified atom stereocenters. The van der Waals surface area contributed by atoms with Gasteiger partial charge in [-0.15, -0.1) is 5.10 Å². The molecule has 1 fully saturated rings. The first-order chi connectivity index (χ1) is 18.4. The minimum absolute atomic E-state index is 0.101. The molecule has 0 spiro atoms. The maximum absolute atomic E-state index is 10.9. The predicted octanol–water partition coefficient (Wildman–Crippen LogP) is 5.79. The van der Waals surface area contributed by atoms with Gasteiger partial charge in [0, 0.05) is 37.4 Å². The van der Waals surface area contributed by atoms with Gasteiger partial charge in [0.15, 0.2) is 0 Å². The van der Waals surface area contributed by atoms with E-state index in [1.54, 1.807) is 0 Å². The second kappa shape index (κ2) is 9.64. The molecule has 0 radical (unpaired) electrons. The first kappa shape index (κ1) is 24.8. The van der Waals surface area contributed by atoms with Gasteiger partial charge in [-0.1, -0.05) is 54.6 Å². The summed E-state index contributed by atoms with van der Waals surface area (Å²) in [6, 6.07) is 19.4. The molecule has 38 heavy (non-hydrogen) atoms. The molecule has 1 atom stereocenters. The third-order valence-electron chi connectivity index (χ3n) is 7.98. The molecule has 1 aliphatic rings. The largest absolute Gasteiger partial charge is 0.386 e. The highest BCUT2D eigenvalue weighted by atomic mass is 16.5. The minimum Gasteiger partial charge on any atom is -0.386 e. The van der Waals surface area contributed by atoms with E-state index in [1.165, 1.54) is 5.56 Å². The van der Waals surface area contributed by atoms with Crippen molar-refractivity contribution in [2.24, 2.45) is 13.0 Å². The van der Waals surface area contributed by atoms with Crippen LogP contribution in [0.3, 0.4) is 0 Å². The van der Waals surface area contributed by atoms with Crippen molar-refractivity contribution in [2.75, 3.05) is 13.2 Å². The van der Waals surface area contributed by atoms with Gasteiger partial charge in [-0.2, -0.15) is 0 Å². The number of nitrogens with zero attached hydrogens (tertiary/aromatic N) is 5. The average molecular weight is 510 g/mol. The zero-order chi connectivity index (χ0) is 26.4. The Hall–Kier alpha value is -3.55. The van der Waals surface area contributed by atoms with Gasteiger partial charge in [-0.05, 0) is 62.3 Å². The van der Waals surface area contributed by atoms with Crippen molar-refractivity contribution in [3.63, 3.8) is 0 Å². The number of hydrogen-bond donors (Lipinski definition) is 1. The van der Waals surface area contributed by atoms with Crippen molar-refractivity contribution >= 4 is 21.9 Å². The van der Waals surface area contributed by atoms with Gasteiger partial charge in [0.1, 0.15) is 0 Å².